The number of nitrogens with zero attached hydrogens (tertiary/aromatic N) is 2. The first-order valence-electron chi connectivity index (χ1n) is 10.1. The second kappa shape index (κ2) is 9.94. The van der Waals surface area contributed by atoms with Gasteiger partial charge >= 0.3 is 0 Å². The van der Waals surface area contributed by atoms with E-state index in [1.54, 1.807) is 0 Å². The van der Waals surface area contributed by atoms with E-state index in [1.807, 2.05) is 36.4 Å². The van der Waals surface area contributed by atoms with Crippen molar-refractivity contribution in [1.29, 1.82) is 10.5 Å². The molecular formula is C25H30N2. The van der Waals surface area contributed by atoms with Crippen molar-refractivity contribution >= 4 is 0 Å². The topological polar surface area (TPSA) is 47.6 Å². The van der Waals surface area contributed by atoms with Gasteiger partial charge in [-0.05, 0) is 36.8 Å². The molecule has 0 aliphatic rings. The Morgan fingerprint density at radius 3 is 1.30 bits per heavy atom. The van der Waals surface area contributed by atoms with Crippen LogP contribution in [0.2, 0.25) is 0 Å². The summed E-state index contributed by atoms with van der Waals surface area (Å²) in [5, 5.41) is 19.7. The Morgan fingerprint density at radius 1 is 0.630 bits per heavy atom. The predicted octanol–water partition coefficient (Wildman–Crippen LogP) is 6.68. The van der Waals surface area contributed by atoms with Gasteiger partial charge in [-0.1, -0.05) is 93.8 Å². The molecule has 2 heteroatoms. The molecule has 140 valence electrons. The van der Waals surface area contributed by atoms with E-state index in [0.29, 0.717) is 0 Å². The second-order valence-corrected chi connectivity index (χ2v) is 7.39. The molecule has 2 nitrogen and oxygen atoms in total. The lowest BCUT2D eigenvalue weighted by Gasteiger charge is -2.27. The van der Waals surface area contributed by atoms with Crippen molar-refractivity contribution in [2.75, 3.05) is 0 Å². The first-order chi connectivity index (χ1) is 13.2. The van der Waals surface area contributed by atoms with Gasteiger partial charge in [0.25, 0.3) is 0 Å². The number of rotatable bonds is 10. The fourth-order valence-electron chi connectivity index (χ4n) is 3.99. The largest absolute Gasteiger partial charge is 0.197 e. The fraction of sp³-hybridized carbons (Fsp3) is 0.440. The molecule has 0 aliphatic carbocycles. The first-order valence-corrected chi connectivity index (χ1v) is 10.1. The van der Waals surface area contributed by atoms with E-state index in [0.717, 1.165) is 56.1 Å². The molecular weight excluding hydrogens is 328 g/mol. The smallest absolute Gasteiger partial charge is 0.0819 e. The van der Waals surface area contributed by atoms with Gasteiger partial charge in [-0.15, -0.1) is 0 Å². The summed E-state index contributed by atoms with van der Waals surface area (Å²) >= 11 is 0. The molecule has 2 rings (SSSR count). The number of unbranched alkanes of at least 4 members (excludes halogenated alkanes) is 2. The van der Waals surface area contributed by atoms with E-state index in [2.05, 4.69) is 50.3 Å². The maximum absolute atomic E-state index is 9.85. The lowest BCUT2D eigenvalue weighted by atomic mass is 9.74. The van der Waals surface area contributed by atoms with Crippen molar-refractivity contribution in [3.63, 3.8) is 0 Å². The van der Waals surface area contributed by atoms with Crippen LogP contribution in [0.4, 0.5) is 0 Å². The number of hydrogen-bond acceptors (Lipinski definition) is 2. The zero-order valence-electron chi connectivity index (χ0n) is 16.6. The van der Waals surface area contributed by atoms with Crippen LogP contribution in [0.5, 0.6) is 0 Å². The molecule has 0 radical (unpaired) electrons. The van der Waals surface area contributed by atoms with Crippen LogP contribution in [0, 0.1) is 22.7 Å². The zero-order chi connectivity index (χ0) is 19.6. The van der Waals surface area contributed by atoms with Crippen LogP contribution in [-0.4, -0.2) is 0 Å². The molecule has 0 saturated heterocycles. The lowest BCUT2D eigenvalue weighted by Crippen LogP contribution is -2.24. The molecule has 0 N–H and O–H groups in total. The molecule has 2 aromatic carbocycles. The normalized spacial score (nSPS) is 15.1. The van der Waals surface area contributed by atoms with Gasteiger partial charge in [-0.25, -0.2) is 0 Å². The average molecular weight is 359 g/mol. The highest BCUT2D eigenvalue weighted by molar-refractivity contribution is 5.33. The fourth-order valence-corrected chi connectivity index (χ4v) is 3.99. The summed E-state index contributed by atoms with van der Waals surface area (Å²) in [5.41, 5.74) is 1.47. The van der Waals surface area contributed by atoms with E-state index in [4.69, 9.17) is 0 Å². The van der Waals surface area contributed by atoms with E-state index in [1.165, 1.54) is 0 Å². The van der Waals surface area contributed by atoms with Gasteiger partial charge in [-0.2, -0.15) is 10.5 Å². The monoisotopic (exact) mass is 358 g/mol. The minimum atomic E-state index is -0.391. The van der Waals surface area contributed by atoms with Crippen LogP contribution in [0.3, 0.4) is 0 Å². The number of nitriles is 2. The van der Waals surface area contributed by atoms with Crippen LogP contribution >= 0.6 is 0 Å². The molecule has 0 bridgehead atoms. The summed E-state index contributed by atoms with van der Waals surface area (Å²) in [7, 11) is 0. The van der Waals surface area contributed by atoms with E-state index >= 15 is 0 Å². The van der Waals surface area contributed by atoms with Crippen molar-refractivity contribution in [3.8, 4) is 12.1 Å². The Labute approximate surface area is 164 Å². The number of hydrogen-bond donors (Lipinski definition) is 0. The second-order valence-electron chi connectivity index (χ2n) is 7.39. The maximum atomic E-state index is 9.85. The summed E-state index contributed by atoms with van der Waals surface area (Å²) in [5.74, 6) is 0. The molecule has 0 spiro atoms. The van der Waals surface area contributed by atoms with E-state index in [-0.39, 0.29) is 0 Å². The van der Waals surface area contributed by atoms with Crippen molar-refractivity contribution < 1.29 is 0 Å². The molecule has 0 amide bonds. The van der Waals surface area contributed by atoms with E-state index in [9.17, 15) is 10.5 Å². The molecule has 2 unspecified atom stereocenters. The summed E-state index contributed by atoms with van der Waals surface area (Å²) in [6, 6.07) is 25.5. The molecule has 0 fully saturated rings. The summed E-state index contributed by atoms with van der Waals surface area (Å²) in [6.07, 6.45) is 6.48. The van der Waals surface area contributed by atoms with Gasteiger partial charge in [0.2, 0.25) is 0 Å². The van der Waals surface area contributed by atoms with Gasteiger partial charge in [0.05, 0.1) is 23.0 Å². The van der Waals surface area contributed by atoms with Crippen molar-refractivity contribution in [2.45, 2.75) is 69.6 Å². The van der Waals surface area contributed by atoms with Gasteiger partial charge in [0.15, 0.2) is 0 Å². The molecule has 27 heavy (non-hydrogen) atoms. The summed E-state index contributed by atoms with van der Waals surface area (Å²) in [6.45, 7) is 4.20. The minimum Gasteiger partial charge on any atom is -0.197 e. The number of benzene rings is 2. The molecule has 2 atom stereocenters. The molecule has 0 saturated carbocycles. The maximum Gasteiger partial charge on any atom is 0.0819 e. The Balaban J connectivity index is 1.95. The van der Waals surface area contributed by atoms with Gasteiger partial charge in [-0.3, -0.25) is 0 Å². The predicted molar refractivity (Wildman–Crippen MR) is 111 cm³/mol. The Hall–Kier alpha value is -2.58. The third-order valence-corrected chi connectivity index (χ3v) is 5.99. The minimum absolute atomic E-state index is 0.391. The SMILES string of the molecule is CCC(C#N)(CCCCCC(C#N)(CC)c1ccccc1)c1ccccc1. The molecule has 2 aromatic rings. The quantitative estimate of drug-likeness (QED) is 0.445. The summed E-state index contributed by atoms with van der Waals surface area (Å²) in [4.78, 5) is 0. The highest BCUT2D eigenvalue weighted by Gasteiger charge is 2.31. The summed E-state index contributed by atoms with van der Waals surface area (Å²) < 4.78 is 0. The van der Waals surface area contributed by atoms with Crippen LogP contribution in [0.25, 0.3) is 0 Å². The van der Waals surface area contributed by atoms with Crippen LogP contribution < -0.4 is 0 Å². The lowest BCUT2D eigenvalue weighted by molar-refractivity contribution is 0.420. The van der Waals surface area contributed by atoms with Crippen LogP contribution in [0.15, 0.2) is 60.7 Å². The van der Waals surface area contributed by atoms with Crippen molar-refractivity contribution in [2.24, 2.45) is 0 Å². The van der Waals surface area contributed by atoms with Gasteiger partial charge in [0, 0.05) is 0 Å². The van der Waals surface area contributed by atoms with Crippen molar-refractivity contribution in [1.82, 2.24) is 0 Å². The third kappa shape index (κ3) is 4.78. The van der Waals surface area contributed by atoms with Crippen LogP contribution in [-0.2, 0) is 10.8 Å². The van der Waals surface area contributed by atoms with E-state index < -0.39 is 10.8 Å². The Bertz CT molecular complexity index is 702. The Kier molecular flexibility index (Phi) is 7.63. The first kappa shape index (κ1) is 20.7. The third-order valence-electron chi connectivity index (χ3n) is 5.99. The zero-order valence-corrected chi connectivity index (χ0v) is 16.6. The van der Waals surface area contributed by atoms with Gasteiger partial charge in [0.1, 0.15) is 0 Å². The highest BCUT2D eigenvalue weighted by Crippen LogP contribution is 2.35. The average Bonchev–Trinajstić information content (AvgIpc) is 2.75. The standard InChI is InChI=1S/C25H30N2/c1-3-24(20-26,22-14-8-5-9-15-22)18-12-7-13-19-25(4-2,21-27)23-16-10-6-11-17-23/h5-6,8-11,14-17H,3-4,7,12-13,18-19H2,1-2H3. The molecule has 0 heterocycles. The van der Waals surface area contributed by atoms with Crippen LogP contribution in [0.1, 0.15) is 69.9 Å². The highest BCUT2D eigenvalue weighted by atomic mass is 14.4. The van der Waals surface area contributed by atoms with Crippen molar-refractivity contribution in [3.05, 3.63) is 71.8 Å². The molecule has 0 aromatic heterocycles. The Morgan fingerprint density at radius 2 is 1.00 bits per heavy atom. The van der Waals surface area contributed by atoms with Gasteiger partial charge < -0.3 is 0 Å². The molecule has 0 aliphatic heterocycles.